The van der Waals surface area contributed by atoms with Crippen molar-refractivity contribution >= 4 is 0 Å². The zero-order valence-corrected chi connectivity index (χ0v) is 9.98. The van der Waals surface area contributed by atoms with Crippen LogP contribution in [0.4, 0.5) is 0 Å². The van der Waals surface area contributed by atoms with Crippen molar-refractivity contribution in [1.82, 2.24) is 0 Å². The molecule has 82 valence electrons. The van der Waals surface area contributed by atoms with Crippen LogP contribution in [0.1, 0.15) is 31.7 Å². The van der Waals surface area contributed by atoms with Crippen LogP contribution >= 0.6 is 0 Å². The first-order valence-corrected chi connectivity index (χ1v) is 5.96. The maximum absolute atomic E-state index is 2.28. The molecule has 2 aromatic rings. The molecule has 0 bridgehead atoms. The summed E-state index contributed by atoms with van der Waals surface area (Å²) in [7, 11) is 0. The SMILES string of the molecule is CCC(C)c1ccc(-c2ccccc2)cc1. The van der Waals surface area contributed by atoms with E-state index in [4.69, 9.17) is 0 Å². The molecular weight excluding hydrogens is 192 g/mol. The minimum Gasteiger partial charge on any atom is -0.0648 e. The summed E-state index contributed by atoms with van der Waals surface area (Å²) in [5.41, 5.74) is 4.02. The monoisotopic (exact) mass is 210 g/mol. The van der Waals surface area contributed by atoms with E-state index in [2.05, 4.69) is 68.4 Å². The van der Waals surface area contributed by atoms with Crippen molar-refractivity contribution in [3.63, 3.8) is 0 Å². The molecule has 0 spiro atoms. The molecule has 0 aliphatic rings. The van der Waals surface area contributed by atoms with Crippen molar-refractivity contribution in [2.24, 2.45) is 0 Å². The zero-order valence-electron chi connectivity index (χ0n) is 9.98. The molecule has 0 aliphatic carbocycles. The maximum Gasteiger partial charge on any atom is -0.0184 e. The molecule has 0 aromatic heterocycles. The first kappa shape index (κ1) is 10.9. The van der Waals surface area contributed by atoms with Gasteiger partial charge < -0.3 is 0 Å². The molecule has 0 saturated carbocycles. The Balaban J connectivity index is 2.26. The first-order valence-electron chi connectivity index (χ1n) is 5.96. The van der Waals surface area contributed by atoms with Crippen LogP contribution in [0.15, 0.2) is 54.6 Å². The van der Waals surface area contributed by atoms with Crippen molar-refractivity contribution in [3.05, 3.63) is 60.2 Å². The van der Waals surface area contributed by atoms with Crippen LogP contribution in [-0.2, 0) is 0 Å². The molecule has 1 unspecified atom stereocenters. The van der Waals surface area contributed by atoms with Crippen LogP contribution in [0.5, 0.6) is 0 Å². The highest BCUT2D eigenvalue weighted by atomic mass is 14.1. The van der Waals surface area contributed by atoms with E-state index in [1.165, 1.54) is 23.1 Å². The average Bonchev–Trinajstić information content (AvgIpc) is 2.39. The Morgan fingerprint density at radius 3 is 1.94 bits per heavy atom. The van der Waals surface area contributed by atoms with Crippen molar-refractivity contribution in [2.75, 3.05) is 0 Å². The first-order chi connectivity index (χ1) is 7.81. The maximum atomic E-state index is 2.28. The number of hydrogen-bond acceptors (Lipinski definition) is 0. The number of benzene rings is 2. The summed E-state index contributed by atoms with van der Waals surface area (Å²) in [4.78, 5) is 0. The minimum atomic E-state index is 0.657. The van der Waals surface area contributed by atoms with Gasteiger partial charge in [-0.2, -0.15) is 0 Å². The fraction of sp³-hybridized carbons (Fsp3) is 0.250. The molecule has 0 amide bonds. The van der Waals surface area contributed by atoms with E-state index in [0.717, 1.165) is 0 Å². The van der Waals surface area contributed by atoms with Gasteiger partial charge in [0.1, 0.15) is 0 Å². The standard InChI is InChI=1S/C16H18/c1-3-13(2)14-9-11-16(12-10-14)15-7-5-4-6-8-15/h4-13H,3H2,1-2H3. The van der Waals surface area contributed by atoms with Gasteiger partial charge in [0.25, 0.3) is 0 Å². The van der Waals surface area contributed by atoms with Crippen LogP contribution in [-0.4, -0.2) is 0 Å². The summed E-state index contributed by atoms with van der Waals surface area (Å²) < 4.78 is 0. The van der Waals surface area contributed by atoms with Gasteiger partial charge in [-0.25, -0.2) is 0 Å². The average molecular weight is 210 g/mol. The van der Waals surface area contributed by atoms with Crippen molar-refractivity contribution in [1.29, 1.82) is 0 Å². The molecule has 0 heteroatoms. The van der Waals surface area contributed by atoms with Crippen LogP contribution < -0.4 is 0 Å². The molecule has 0 saturated heterocycles. The fourth-order valence-electron chi connectivity index (χ4n) is 1.87. The molecule has 2 rings (SSSR count). The smallest absolute Gasteiger partial charge is 0.0184 e. The van der Waals surface area contributed by atoms with E-state index in [1.807, 2.05) is 0 Å². The second-order valence-electron chi connectivity index (χ2n) is 4.30. The third-order valence-corrected chi connectivity index (χ3v) is 3.20. The van der Waals surface area contributed by atoms with E-state index in [-0.39, 0.29) is 0 Å². The Labute approximate surface area is 97.9 Å². The fourth-order valence-corrected chi connectivity index (χ4v) is 1.87. The molecule has 1 atom stereocenters. The Kier molecular flexibility index (Phi) is 3.40. The number of rotatable bonds is 3. The molecule has 0 nitrogen and oxygen atoms in total. The molecule has 16 heavy (non-hydrogen) atoms. The minimum absolute atomic E-state index is 0.657. The second kappa shape index (κ2) is 4.98. The summed E-state index contributed by atoms with van der Waals surface area (Å²) >= 11 is 0. The summed E-state index contributed by atoms with van der Waals surface area (Å²) in [5, 5.41) is 0. The molecule has 2 aromatic carbocycles. The topological polar surface area (TPSA) is 0 Å². The third kappa shape index (κ3) is 2.33. The van der Waals surface area contributed by atoms with Gasteiger partial charge in [0, 0.05) is 0 Å². The van der Waals surface area contributed by atoms with Gasteiger partial charge in [0.05, 0.1) is 0 Å². The predicted molar refractivity (Wildman–Crippen MR) is 70.6 cm³/mol. The molecule has 0 aliphatic heterocycles. The van der Waals surface area contributed by atoms with E-state index in [0.29, 0.717) is 5.92 Å². The largest absolute Gasteiger partial charge is 0.0648 e. The second-order valence-corrected chi connectivity index (χ2v) is 4.30. The summed E-state index contributed by atoms with van der Waals surface area (Å²) in [6, 6.07) is 19.4. The lowest BCUT2D eigenvalue weighted by atomic mass is 9.96. The predicted octanol–water partition coefficient (Wildman–Crippen LogP) is 4.87. The van der Waals surface area contributed by atoms with Gasteiger partial charge in [-0.15, -0.1) is 0 Å². The molecule has 0 N–H and O–H groups in total. The molecule has 0 heterocycles. The van der Waals surface area contributed by atoms with Crippen LogP contribution in [0, 0.1) is 0 Å². The van der Waals surface area contributed by atoms with Gasteiger partial charge >= 0.3 is 0 Å². The van der Waals surface area contributed by atoms with Crippen LogP contribution in [0.25, 0.3) is 11.1 Å². The molecule has 0 fully saturated rings. The van der Waals surface area contributed by atoms with E-state index in [9.17, 15) is 0 Å². The molecular formula is C16H18. The van der Waals surface area contributed by atoms with Gasteiger partial charge in [0.2, 0.25) is 0 Å². The van der Waals surface area contributed by atoms with Crippen molar-refractivity contribution in [2.45, 2.75) is 26.2 Å². The van der Waals surface area contributed by atoms with E-state index in [1.54, 1.807) is 0 Å². The Morgan fingerprint density at radius 1 is 0.812 bits per heavy atom. The number of hydrogen-bond donors (Lipinski definition) is 0. The summed E-state index contributed by atoms with van der Waals surface area (Å²) in [5.74, 6) is 0.657. The highest BCUT2D eigenvalue weighted by molar-refractivity contribution is 5.63. The Hall–Kier alpha value is -1.56. The Bertz CT molecular complexity index is 425. The van der Waals surface area contributed by atoms with Crippen LogP contribution in [0.3, 0.4) is 0 Å². The summed E-state index contributed by atoms with van der Waals surface area (Å²) in [6.07, 6.45) is 1.20. The Morgan fingerprint density at radius 2 is 1.38 bits per heavy atom. The normalized spacial score (nSPS) is 12.4. The van der Waals surface area contributed by atoms with Crippen molar-refractivity contribution < 1.29 is 0 Å². The van der Waals surface area contributed by atoms with Gasteiger partial charge in [0.15, 0.2) is 0 Å². The van der Waals surface area contributed by atoms with E-state index < -0.39 is 0 Å². The third-order valence-electron chi connectivity index (χ3n) is 3.20. The lowest BCUT2D eigenvalue weighted by molar-refractivity contribution is 0.734. The zero-order chi connectivity index (χ0) is 11.4. The van der Waals surface area contributed by atoms with E-state index >= 15 is 0 Å². The summed E-state index contributed by atoms with van der Waals surface area (Å²) in [6.45, 7) is 4.51. The molecule has 0 radical (unpaired) electrons. The lowest BCUT2D eigenvalue weighted by Gasteiger charge is -2.09. The van der Waals surface area contributed by atoms with Gasteiger partial charge in [-0.3, -0.25) is 0 Å². The van der Waals surface area contributed by atoms with Gasteiger partial charge in [-0.1, -0.05) is 68.4 Å². The highest BCUT2D eigenvalue weighted by Gasteiger charge is 2.02. The van der Waals surface area contributed by atoms with Crippen molar-refractivity contribution in [3.8, 4) is 11.1 Å². The quantitative estimate of drug-likeness (QED) is 0.678. The van der Waals surface area contributed by atoms with Gasteiger partial charge in [-0.05, 0) is 29.0 Å². The van der Waals surface area contributed by atoms with Crippen LogP contribution in [0.2, 0.25) is 0 Å². The highest BCUT2D eigenvalue weighted by Crippen LogP contribution is 2.23. The lowest BCUT2D eigenvalue weighted by Crippen LogP contribution is -1.90.